The molecule has 0 heterocycles. The van der Waals surface area contributed by atoms with Crippen LogP contribution in [0.2, 0.25) is 0 Å². The third kappa shape index (κ3) is 4.80. The molecule has 0 radical (unpaired) electrons. The molecular formula is C17H29NO2. The lowest BCUT2D eigenvalue weighted by atomic mass is 9.72. The normalized spacial score (nSPS) is 12.6. The molecule has 1 aromatic carbocycles. The lowest BCUT2D eigenvalue weighted by molar-refractivity contribution is 0.0861. The maximum Gasteiger partial charge on any atom is 0.123 e. The van der Waals surface area contributed by atoms with Crippen molar-refractivity contribution in [3.8, 4) is 5.75 Å². The van der Waals surface area contributed by atoms with E-state index in [1.165, 1.54) is 5.56 Å². The molecule has 1 aromatic rings. The fraction of sp³-hybridized carbons (Fsp3) is 0.647. The molecule has 0 aliphatic heterocycles. The van der Waals surface area contributed by atoms with E-state index in [0.717, 1.165) is 17.7 Å². The molecule has 114 valence electrons. The Labute approximate surface area is 123 Å². The SMILES string of the molecule is CONCc1cc(C(C)(C)CC(C)(C)C)ccc1OC. The Morgan fingerprint density at radius 3 is 2.20 bits per heavy atom. The summed E-state index contributed by atoms with van der Waals surface area (Å²) in [4.78, 5) is 4.95. The van der Waals surface area contributed by atoms with E-state index in [1.54, 1.807) is 14.2 Å². The molecule has 0 unspecified atom stereocenters. The molecule has 0 bridgehead atoms. The van der Waals surface area contributed by atoms with Gasteiger partial charge in [-0.25, -0.2) is 0 Å². The minimum atomic E-state index is 0.131. The van der Waals surface area contributed by atoms with Gasteiger partial charge >= 0.3 is 0 Å². The molecule has 0 amide bonds. The number of benzene rings is 1. The fourth-order valence-electron chi connectivity index (χ4n) is 2.92. The van der Waals surface area contributed by atoms with Crippen molar-refractivity contribution < 1.29 is 9.57 Å². The van der Waals surface area contributed by atoms with Gasteiger partial charge in [-0.05, 0) is 28.9 Å². The van der Waals surface area contributed by atoms with Crippen molar-refractivity contribution in [2.24, 2.45) is 5.41 Å². The van der Waals surface area contributed by atoms with Crippen LogP contribution in [0.25, 0.3) is 0 Å². The van der Waals surface area contributed by atoms with Crippen LogP contribution in [-0.4, -0.2) is 14.2 Å². The summed E-state index contributed by atoms with van der Waals surface area (Å²) in [6.45, 7) is 12.1. The van der Waals surface area contributed by atoms with Crippen LogP contribution in [0.4, 0.5) is 0 Å². The molecular weight excluding hydrogens is 250 g/mol. The van der Waals surface area contributed by atoms with Crippen LogP contribution >= 0.6 is 0 Å². The highest BCUT2D eigenvalue weighted by Crippen LogP contribution is 2.37. The molecule has 0 spiro atoms. The van der Waals surface area contributed by atoms with Gasteiger partial charge in [0.2, 0.25) is 0 Å². The van der Waals surface area contributed by atoms with Gasteiger partial charge in [-0.2, -0.15) is 5.48 Å². The summed E-state index contributed by atoms with van der Waals surface area (Å²) in [5.74, 6) is 0.893. The molecule has 0 aromatic heterocycles. The van der Waals surface area contributed by atoms with Crippen LogP contribution in [-0.2, 0) is 16.8 Å². The van der Waals surface area contributed by atoms with Gasteiger partial charge in [0, 0.05) is 12.1 Å². The van der Waals surface area contributed by atoms with Gasteiger partial charge in [0.15, 0.2) is 0 Å². The molecule has 20 heavy (non-hydrogen) atoms. The van der Waals surface area contributed by atoms with Crippen LogP contribution in [0.5, 0.6) is 5.75 Å². The number of ether oxygens (including phenoxy) is 1. The predicted molar refractivity (Wildman–Crippen MR) is 83.9 cm³/mol. The first-order valence-electron chi connectivity index (χ1n) is 7.13. The van der Waals surface area contributed by atoms with Crippen molar-refractivity contribution in [3.63, 3.8) is 0 Å². The van der Waals surface area contributed by atoms with Crippen LogP contribution in [0.1, 0.15) is 52.2 Å². The van der Waals surface area contributed by atoms with E-state index >= 15 is 0 Å². The van der Waals surface area contributed by atoms with Crippen molar-refractivity contribution in [2.75, 3.05) is 14.2 Å². The van der Waals surface area contributed by atoms with Crippen molar-refractivity contribution in [3.05, 3.63) is 29.3 Å². The molecule has 3 nitrogen and oxygen atoms in total. The fourth-order valence-corrected chi connectivity index (χ4v) is 2.92. The minimum Gasteiger partial charge on any atom is -0.496 e. The number of hydrogen-bond donors (Lipinski definition) is 1. The molecule has 1 N–H and O–H groups in total. The first-order chi connectivity index (χ1) is 9.19. The van der Waals surface area contributed by atoms with Crippen LogP contribution in [0.15, 0.2) is 18.2 Å². The largest absolute Gasteiger partial charge is 0.496 e. The molecule has 0 aliphatic rings. The van der Waals surface area contributed by atoms with E-state index in [4.69, 9.17) is 9.57 Å². The summed E-state index contributed by atoms with van der Waals surface area (Å²) in [6.07, 6.45) is 1.13. The zero-order valence-electron chi connectivity index (χ0n) is 14.0. The first kappa shape index (κ1) is 17.0. The highest BCUT2D eigenvalue weighted by molar-refractivity contribution is 5.40. The number of rotatable bonds is 6. The van der Waals surface area contributed by atoms with E-state index in [2.05, 4.69) is 52.2 Å². The van der Waals surface area contributed by atoms with Gasteiger partial charge in [0.25, 0.3) is 0 Å². The first-order valence-corrected chi connectivity index (χ1v) is 7.13. The van der Waals surface area contributed by atoms with E-state index in [0.29, 0.717) is 12.0 Å². The van der Waals surface area contributed by atoms with Gasteiger partial charge in [-0.15, -0.1) is 0 Å². The number of hydrogen-bond acceptors (Lipinski definition) is 3. The van der Waals surface area contributed by atoms with Crippen molar-refractivity contribution in [1.29, 1.82) is 0 Å². The topological polar surface area (TPSA) is 30.5 Å². The summed E-state index contributed by atoms with van der Waals surface area (Å²) in [5.41, 5.74) is 5.77. The number of methoxy groups -OCH3 is 1. The minimum absolute atomic E-state index is 0.131. The average molecular weight is 279 g/mol. The monoisotopic (exact) mass is 279 g/mol. The quantitative estimate of drug-likeness (QED) is 0.797. The van der Waals surface area contributed by atoms with E-state index in [1.807, 2.05) is 6.07 Å². The van der Waals surface area contributed by atoms with Gasteiger partial charge in [0.05, 0.1) is 14.2 Å². The maximum absolute atomic E-state index is 5.42. The van der Waals surface area contributed by atoms with E-state index < -0.39 is 0 Å². The number of nitrogens with one attached hydrogen (secondary N) is 1. The summed E-state index contributed by atoms with van der Waals surface area (Å²) in [6, 6.07) is 6.43. The third-order valence-corrected chi connectivity index (χ3v) is 3.44. The molecule has 0 saturated heterocycles. The second-order valence-corrected chi connectivity index (χ2v) is 7.17. The van der Waals surface area contributed by atoms with Crippen molar-refractivity contribution in [2.45, 2.75) is 53.0 Å². The van der Waals surface area contributed by atoms with Gasteiger partial charge < -0.3 is 9.57 Å². The smallest absolute Gasteiger partial charge is 0.123 e. The van der Waals surface area contributed by atoms with E-state index in [-0.39, 0.29) is 5.41 Å². The predicted octanol–water partition coefficient (Wildman–Crippen LogP) is 4.06. The second-order valence-electron chi connectivity index (χ2n) is 7.17. The molecule has 3 heteroatoms. The Morgan fingerprint density at radius 2 is 1.70 bits per heavy atom. The standard InChI is InChI=1S/C17H29NO2/c1-16(2,3)12-17(4,5)14-8-9-15(19-6)13(10-14)11-18-20-7/h8-10,18H,11-12H2,1-7H3. The highest BCUT2D eigenvalue weighted by Gasteiger charge is 2.27. The number of hydroxylamine groups is 1. The Bertz CT molecular complexity index is 433. The summed E-state index contributed by atoms with van der Waals surface area (Å²) in [5, 5.41) is 0. The maximum atomic E-state index is 5.42. The lowest BCUT2D eigenvalue weighted by Gasteiger charge is -2.33. The molecule has 0 aliphatic carbocycles. The Morgan fingerprint density at radius 1 is 1.05 bits per heavy atom. The Hall–Kier alpha value is -1.06. The third-order valence-electron chi connectivity index (χ3n) is 3.44. The van der Waals surface area contributed by atoms with Gasteiger partial charge in [-0.3, -0.25) is 0 Å². The average Bonchev–Trinajstić information content (AvgIpc) is 2.33. The molecule has 1 rings (SSSR count). The van der Waals surface area contributed by atoms with Gasteiger partial charge in [-0.1, -0.05) is 46.8 Å². The second kappa shape index (κ2) is 6.59. The lowest BCUT2D eigenvalue weighted by Crippen LogP contribution is -2.25. The van der Waals surface area contributed by atoms with Gasteiger partial charge in [0.1, 0.15) is 5.75 Å². The highest BCUT2D eigenvalue weighted by atomic mass is 16.6. The zero-order chi connectivity index (χ0) is 15.4. The summed E-state index contributed by atoms with van der Waals surface area (Å²) in [7, 11) is 3.32. The van der Waals surface area contributed by atoms with Crippen LogP contribution in [0.3, 0.4) is 0 Å². The Balaban J connectivity index is 3.06. The Kier molecular flexibility index (Phi) is 5.60. The zero-order valence-corrected chi connectivity index (χ0v) is 14.0. The van der Waals surface area contributed by atoms with Crippen LogP contribution < -0.4 is 10.2 Å². The van der Waals surface area contributed by atoms with Crippen molar-refractivity contribution >= 4 is 0 Å². The molecule has 0 atom stereocenters. The summed E-state index contributed by atoms with van der Waals surface area (Å²) < 4.78 is 5.42. The van der Waals surface area contributed by atoms with Crippen molar-refractivity contribution in [1.82, 2.24) is 5.48 Å². The summed E-state index contributed by atoms with van der Waals surface area (Å²) >= 11 is 0. The molecule has 0 saturated carbocycles. The van der Waals surface area contributed by atoms with E-state index in [9.17, 15) is 0 Å². The van der Waals surface area contributed by atoms with Crippen LogP contribution in [0, 0.1) is 5.41 Å². The molecule has 0 fully saturated rings.